The minimum absolute atomic E-state index is 0.398. The number of benzene rings is 2. The van der Waals surface area contributed by atoms with Crippen molar-refractivity contribution in [3.05, 3.63) is 64.1 Å². The molecule has 21 heavy (non-hydrogen) atoms. The van der Waals surface area contributed by atoms with Gasteiger partial charge in [0.15, 0.2) is 0 Å². The molecule has 3 rings (SSSR count). The summed E-state index contributed by atoms with van der Waals surface area (Å²) in [6.45, 7) is 2.24. The molecule has 0 saturated heterocycles. The maximum absolute atomic E-state index is 3.56. The number of hydrogen-bond acceptors (Lipinski definition) is 2. The summed E-state index contributed by atoms with van der Waals surface area (Å²) in [7, 11) is 2.05. The molecule has 0 bridgehead atoms. The quantitative estimate of drug-likeness (QED) is 0.875. The molecule has 1 unspecified atom stereocenters. The van der Waals surface area contributed by atoms with Crippen LogP contribution < -0.4 is 10.2 Å². The lowest BCUT2D eigenvalue weighted by Gasteiger charge is -2.23. The van der Waals surface area contributed by atoms with Crippen LogP contribution in [0, 0.1) is 0 Å². The second-order valence-corrected chi connectivity index (χ2v) is 6.47. The van der Waals surface area contributed by atoms with E-state index in [2.05, 4.69) is 74.7 Å². The molecular formula is C18H21BrN2. The van der Waals surface area contributed by atoms with E-state index < -0.39 is 0 Å². The largest absolute Gasteiger partial charge is 0.371 e. The van der Waals surface area contributed by atoms with E-state index in [-0.39, 0.29) is 0 Å². The van der Waals surface area contributed by atoms with Crippen LogP contribution in [0.5, 0.6) is 0 Å². The normalized spacial score (nSPS) is 15.0. The van der Waals surface area contributed by atoms with Gasteiger partial charge < -0.3 is 10.2 Å². The van der Waals surface area contributed by atoms with Crippen LogP contribution in [-0.4, -0.2) is 20.1 Å². The fourth-order valence-electron chi connectivity index (χ4n) is 3.12. The van der Waals surface area contributed by atoms with Gasteiger partial charge in [0.25, 0.3) is 0 Å². The molecule has 0 aliphatic carbocycles. The zero-order chi connectivity index (χ0) is 14.7. The summed E-state index contributed by atoms with van der Waals surface area (Å²) in [6, 6.07) is 17.8. The first-order chi connectivity index (χ1) is 10.3. The lowest BCUT2D eigenvalue weighted by atomic mass is 10.0. The van der Waals surface area contributed by atoms with Crippen LogP contribution >= 0.6 is 15.9 Å². The topological polar surface area (TPSA) is 15.3 Å². The van der Waals surface area contributed by atoms with Gasteiger partial charge in [-0.05, 0) is 49.2 Å². The zero-order valence-corrected chi connectivity index (χ0v) is 13.9. The van der Waals surface area contributed by atoms with E-state index in [1.807, 2.05) is 7.05 Å². The third-order valence-electron chi connectivity index (χ3n) is 4.27. The Morgan fingerprint density at radius 2 is 2.05 bits per heavy atom. The van der Waals surface area contributed by atoms with E-state index in [4.69, 9.17) is 0 Å². The predicted octanol–water partition coefficient (Wildman–Crippen LogP) is 4.16. The van der Waals surface area contributed by atoms with E-state index >= 15 is 0 Å². The number of fused-ring (bicyclic) bond motifs is 1. The summed E-state index contributed by atoms with van der Waals surface area (Å²) in [5.41, 5.74) is 4.25. The molecule has 1 aliphatic rings. The highest BCUT2D eigenvalue weighted by atomic mass is 79.9. The third kappa shape index (κ3) is 3.30. The monoisotopic (exact) mass is 344 g/mol. The smallest absolute Gasteiger partial charge is 0.0399 e. The number of rotatable bonds is 5. The fraction of sp³-hybridized carbons (Fsp3) is 0.333. The van der Waals surface area contributed by atoms with Crippen molar-refractivity contribution in [2.45, 2.75) is 18.9 Å². The number of nitrogens with one attached hydrogen (secondary N) is 1. The number of anilines is 1. The Hall–Kier alpha value is -1.32. The lowest BCUT2D eigenvalue weighted by molar-refractivity contribution is 0.544. The van der Waals surface area contributed by atoms with Crippen LogP contribution in [0.1, 0.15) is 23.6 Å². The van der Waals surface area contributed by atoms with Crippen LogP contribution in [0.2, 0.25) is 0 Å². The number of para-hydroxylation sites is 1. The standard InChI is InChI=1S/C18H21BrN2/c1-20-17(15-6-4-7-16(19)13-15)10-12-21-11-9-14-5-2-3-8-18(14)21/h2-8,13,17,20H,9-12H2,1H3. The van der Waals surface area contributed by atoms with Crippen molar-refractivity contribution in [3.63, 3.8) is 0 Å². The molecule has 110 valence electrons. The molecule has 1 aliphatic heterocycles. The van der Waals surface area contributed by atoms with E-state index in [1.165, 1.54) is 23.2 Å². The summed E-state index contributed by atoms with van der Waals surface area (Å²) in [6.07, 6.45) is 2.29. The molecule has 2 nitrogen and oxygen atoms in total. The maximum atomic E-state index is 3.56. The van der Waals surface area contributed by atoms with Gasteiger partial charge in [-0.25, -0.2) is 0 Å². The Bertz CT molecular complexity index is 612. The van der Waals surface area contributed by atoms with Crippen molar-refractivity contribution in [2.24, 2.45) is 0 Å². The summed E-state index contributed by atoms with van der Waals surface area (Å²) in [4.78, 5) is 2.51. The van der Waals surface area contributed by atoms with Gasteiger partial charge in [0, 0.05) is 29.3 Å². The molecule has 1 atom stereocenters. The Kier molecular flexibility index (Phi) is 4.61. The van der Waals surface area contributed by atoms with Gasteiger partial charge in [0.2, 0.25) is 0 Å². The third-order valence-corrected chi connectivity index (χ3v) is 4.76. The summed E-state index contributed by atoms with van der Waals surface area (Å²) >= 11 is 3.56. The van der Waals surface area contributed by atoms with Crippen LogP contribution in [-0.2, 0) is 6.42 Å². The average molecular weight is 345 g/mol. The molecule has 3 heteroatoms. The van der Waals surface area contributed by atoms with Crippen molar-refractivity contribution in [3.8, 4) is 0 Å². The zero-order valence-electron chi connectivity index (χ0n) is 12.3. The molecule has 0 fully saturated rings. The molecule has 0 radical (unpaired) electrons. The highest BCUT2D eigenvalue weighted by molar-refractivity contribution is 9.10. The van der Waals surface area contributed by atoms with E-state index in [9.17, 15) is 0 Å². The second-order valence-electron chi connectivity index (χ2n) is 5.55. The van der Waals surface area contributed by atoms with Crippen molar-refractivity contribution < 1.29 is 0 Å². The first-order valence-corrected chi connectivity index (χ1v) is 8.33. The van der Waals surface area contributed by atoms with Crippen LogP contribution in [0.3, 0.4) is 0 Å². The van der Waals surface area contributed by atoms with Gasteiger partial charge in [0.05, 0.1) is 0 Å². The predicted molar refractivity (Wildman–Crippen MR) is 92.9 cm³/mol. The van der Waals surface area contributed by atoms with Crippen molar-refractivity contribution in [1.29, 1.82) is 0 Å². The number of halogens is 1. The molecule has 2 aromatic rings. The van der Waals surface area contributed by atoms with Crippen LogP contribution in [0.25, 0.3) is 0 Å². The molecule has 0 amide bonds. The highest BCUT2D eigenvalue weighted by Gasteiger charge is 2.19. The van der Waals surface area contributed by atoms with Gasteiger partial charge in [-0.15, -0.1) is 0 Å². The van der Waals surface area contributed by atoms with E-state index in [0.717, 1.165) is 24.0 Å². The summed E-state index contributed by atoms with van der Waals surface area (Å²) < 4.78 is 1.15. The van der Waals surface area contributed by atoms with E-state index in [0.29, 0.717) is 6.04 Å². The highest BCUT2D eigenvalue weighted by Crippen LogP contribution is 2.29. The lowest BCUT2D eigenvalue weighted by Crippen LogP contribution is -2.27. The molecule has 0 spiro atoms. The minimum atomic E-state index is 0.398. The number of nitrogens with zero attached hydrogens (tertiary/aromatic N) is 1. The van der Waals surface area contributed by atoms with Crippen LogP contribution in [0.15, 0.2) is 53.0 Å². The van der Waals surface area contributed by atoms with Crippen molar-refractivity contribution in [1.82, 2.24) is 5.32 Å². The van der Waals surface area contributed by atoms with Gasteiger partial charge in [0.1, 0.15) is 0 Å². The Morgan fingerprint density at radius 3 is 2.86 bits per heavy atom. The van der Waals surface area contributed by atoms with Gasteiger partial charge in [-0.2, -0.15) is 0 Å². The maximum Gasteiger partial charge on any atom is 0.0399 e. The van der Waals surface area contributed by atoms with Crippen molar-refractivity contribution >= 4 is 21.6 Å². The first kappa shape index (κ1) is 14.6. The Morgan fingerprint density at radius 1 is 1.19 bits per heavy atom. The van der Waals surface area contributed by atoms with Crippen LogP contribution in [0.4, 0.5) is 5.69 Å². The first-order valence-electron chi connectivity index (χ1n) is 7.53. The molecule has 1 N–H and O–H groups in total. The minimum Gasteiger partial charge on any atom is -0.371 e. The second kappa shape index (κ2) is 6.63. The molecule has 1 heterocycles. The molecule has 0 aromatic heterocycles. The van der Waals surface area contributed by atoms with Gasteiger partial charge in [-0.3, -0.25) is 0 Å². The SMILES string of the molecule is CNC(CCN1CCc2ccccc21)c1cccc(Br)c1. The van der Waals surface area contributed by atoms with Gasteiger partial charge in [-0.1, -0.05) is 46.3 Å². The molecule has 0 saturated carbocycles. The van der Waals surface area contributed by atoms with Gasteiger partial charge >= 0.3 is 0 Å². The Balaban J connectivity index is 1.67. The fourth-order valence-corrected chi connectivity index (χ4v) is 3.54. The average Bonchev–Trinajstić information content (AvgIpc) is 2.91. The molecule has 2 aromatic carbocycles. The Labute approximate surface area is 135 Å². The van der Waals surface area contributed by atoms with Crippen molar-refractivity contribution in [2.75, 3.05) is 25.0 Å². The summed E-state index contributed by atoms with van der Waals surface area (Å²) in [5.74, 6) is 0. The summed E-state index contributed by atoms with van der Waals surface area (Å²) in [5, 5.41) is 3.45. The van der Waals surface area contributed by atoms with E-state index in [1.54, 1.807) is 0 Å². The molecular weight excluding hydrogens is 324 g/mol. The number of hydrogen-bond donors (Lipinski definition) is 1.